The highest BCUT2D eigenvalue weighted by molar-refractivity contribution is 5.66. The van der Waals surface area contributed by atoms with Crippen LogP contribution in [0.1, 0.15) is 71.9 Å². The molecule has 0 saturated heterocycles. The van der Waals surface area contributed by atoms with E-state index in [1.165, 1.54) is 0 Å². The van der Waals surface area contributed by atoms with Gasteiger partial charge in [0.2, 0.25) is 0 Å². The molecule has 0 aliphatic rings. The molecule has 0 aromatic carbocycles. The lowest BCUT2D eigenvalue weighted by atomic mass is 9.82. The molecule has 0 aliphatic carbocycles. The number of carbonyl (C=O) groups is 1. The Kier molecular flexibility index (Phi) is 5.93. The van der Waals surface area contributed by atoms with Gasteiger partial charge in [0.15, 0.2) is 0 Å². The summed E-state index contributed by atoms with van der Waals surface area (Å²) in [5.74, 6) is -0.703. The average Bonchev–Trinajstić information content (AvgIpc) is 2.80. The zero-order valence-corrected chi connectivity index (χ0v) is 14.0. The molecule has 5 nitrogen and oxygen atoms in total. The van der Waals surface area contributed by atoms with Crippen molar-refractivity contribution in [3.8, 4) is 0 Å². The number of hydrogen-bond donors (Lipinski definition) is 1. The molecule has 1 N–H and O–H groups in total. The van der Waals surface area contributed by atoms with Gasteiger partial charge in [0.05, 0.1) is 11.2 Å². The molecule has 21 heavy (non-hydrogen) atoms. The fourth-order valence-electron chi connectivity index (χ4n) is 2.49. The van der Waals surface area contributed by atoms with Crippen molar-refractivity contribution in [2.75, 3.05) is 0 Å². The molecule has 0 amide bonds. The van der Waals surface area contributed by atoms with E-state index >= 15 is 0 Å². The zero-order chi connectivity index (χ0) is 16.1. The molecule has 0 unspecified atom stereocenters. The van der Waals surface area contributed by atoms with Crippen LogP contribution >= 0.6 is 0 Å². The number of unbranched alkanes of at least 4 members (excludes halogenated alkanes) is 1. The van der Waals surface area contributed by atoms with Crippen LogP contribution < -0.4 is 0 Å². The maximum Gasteiger partial charge on any atom is 0.303 e. The van der Waals surface area contributed by atoms with Crippen LogP contribution in [0.25, 0.3) is 0 Å². The maximum absolute atomic E-state index is 10.7. The molecule has 0 atom stereocenters. The standard InChI is InChI=1S/C16H29N3O2/c1-13-12-19(18-17-13)16(4,5)10-7-6-9-15(2,3)11-8-14(20)21/h12H,6-11H2,1-5H3,(H,20,21). The number of hydrogen-bond acceptors (Lipinski definition) is 3. The van der Waals surface area contributed by atoms with Gasteiger partial charge in [-0.15, -0.1) is 5.10 Å². The van der Waals surface area contributed by atoms with Gasteiger partial charge in [0.25, 0.3) is 0 Å². The molecule has 0 fully saturated rings. The summed E-state index contributed by atoms with van der Waals surface area (Å²) >= 11 is 0. The Morgan fingerprint density at radius 2 is 1.81 bits per heavy atom. The van der Waals surface area contributed by atoms with Gasteiger partial charge in [-0.1, -0.05) is 31.9 Å². The summed E-state index contributed by atoms with van der Waals surface area (Å²) in [6.07, 6.45) is 7.32. The maximum atomic E-state index is 10.7. The third kappa shape index (κ3) is 6.27. The van der Waals surface area contributed by atoms with Crippen molar-refractivity contribution in [2.24, 2.45) is 5.41 Å². The second-order valence-electron chi connectivity index (χ2n) is 7.38. The molecule has 0 radical (unpaired) electrons. The van der Waals surface area contributed by atoms with Crippen molar-refractivity contribution < 1.29 is 9.90 Å². The van der Waals surface area contributed by atoms with E-state index in [0.717, 1.165) is 37.8 Å². The van der Waals surface area contributed by atoms with Crippen LogP contribution in [0.15, 0.2) is 6.20 Å². The van der Waals surface area contributed by atoms with Gasteiger partial charge in [-0.25, -0.2) is 4.68 Å². The number of carboxylic acids is 1. The quantitative estimate of drug-likeness (QED) is 0.704. The predicted molar refractivity (Wildman–Crippen MR) is 83.2 cm³/mol. The van der Waals surface area contributed by atoms with Crippen molar-refractivity contribution >= 4 is 5.97 Å². The minimum Gasteiger partial charge on any atom is -0.481 e. The Morgan fingerprint density at radius 3 is 2.33 bits per heavy atom. The van der Waals surface area contributed by atoms with Gasteiger partial charge < -0.3 is 5.11 Å². The lowest BCUT2D eigenvalue weighted by Gasteiger charge is -2.27. The summed E-state index contributed by atoms with van der Waals surface area (Å²) in [6.45, 7) is 10.6. The Balaban J connectivity index is 2.34. The molecular weight excluding hydrogens is 266 g/mol. The number of carboxylic acid groups (broad SMARTS) is 1. The van der Waals surface area contributed by atoms with Gasteiger partial charge in [0, 0.05) is 12.6 Å². The van der Waals surface area contributed by atoms with Crippen molar-refractivity contribution in [2.45, 2.75) is 78.7 Å². The van der Waals surface area contributed by atoms with E-state index in [1.54, 1.807) is 0 Å². The summed E-state index contributed by atoms with van der Waals surface area (Å²) < 4.78 is 1.94. The number of aryl methyl sites for hydroxylation is 1. The highest BCUT2D eigenvalue weighted by Gasteiger charge is 2.23. The average molecular weight is 295 g/mol. The van der Waals surface area contributed by atoms with E-state index in [1.807, 2.05) is 17.8 Å². The highest BCUT2D eigenvalue weighted by Crippen LogP contribution is 2.30. The van der Waals surface area contributed by atoms with Crippen LogP contribution in [0.3, 0.4) is 0 Å². The summed E-state index contributed by atoms with van der Waals surface area (Å²) in [6, 6.07) is 0. The molecule has 0 bridgehead atoms. The largest absolute Gasteiger partial charge is 0.481 e. The molecule has 0 saturated carbocycles. The third-order valence-corrected chi connectivity index (χ3v) is 4.14. The lowest BCUT2D eigenvalue weighted by Crippen LogP contribution is -2.27. The molecule has 0 aliphatic heterocycles. The van der Waals surface area contributed by atoms with Crippen LogP contribution in [0.4, 0.5) is 0 Å². The molecule has 5 heteroatoms. The second kappa shape index (κ2) is 7.05. The van der Waals surface area contributed by atoms with Gasteiger partial charge in [-0.05, 0) is 45.4 Å². The molecule has 1 heterocycles. The van der Waals surface area contributed by atoms with Gasteiger partial charge in [-0.3, -0.25) is 4.79 Å². The number of aromatic nitrogens is 3. The molecule has 1 rings (SSSR count). The van der Waals surface area contributed by atoms with E-state index in [-0.39, 0.29) is 17.4 Å². The lowest BCUT2D eigenvalue weighted by molar-refractivity contribution is -0.137. The van der Waals surface area contributed by atoms with Crippen molar-refractivity contribution in [3.05, 3.63) is 11.9 Å². The first-order valence-corrected chi connectivity index (χ1v) is 7.74. The third-order valence-electron chi connectivity index (χ3n) is 4.14. The summed E-state index contributed by atoms with van der Waals surface area (Å²) in [5.41, 5.74) is 1.02. The van der Waals surface area contributed by atoms with Crippen LogP contribution in [0, 0.1) is 12.3 Å². The van der Waals surface area contributed by atoms with E-state index in [0.29, 0.717) is 0 Å². The first kappa shape index (κ1) is 17.7. The highest BCUT2D eigenvalue weighted by atomic mass is 16.4. The van der Waals surface area contributed by atoms with E-state index in [4.69, 9.17) is 5.11 Å². The topological polar surface area (TPSA) is 68.0 Å². The number of aliphatic carboxylic acids is 1. The van der Waals surface area contributed by atoms with Crippen molar-refractivity contribution in [3.63, 3.8) is 0 Å². The zero-order valence-electron chi connectivity index (χ0n) is 14.0. The summed E-state index contributed by atoms with van der Waals surface area (Å²) in [7, 11) is 0. The van der Waals surface area contributed by atoms with Crippen molar-refractivity contribution in [1.29, 1.82) is 0 Å². The van der Waals surface area contributed by atoms with Gasteiger partial charge in [0.1, 0.15) is 0 Å². The first-order chi connectivity index (χ1) is 9.62. The van der Waals surface area contributed by atoms with E-state index < -0.39 is 5.97 Å². The molecule has 1 aromatic heterocycles. The Bertz CT molecular complexity index is 464. The van der Waals surface area contributed by atoms with Crippen LogP contribution in [0.5, 0.6) is 0 Å². The minimum atomic E-state index is -0.703. The second-order valence-corrected chi connectivity index (χ2v) is 7.38. The first-order valence-electron chi connectivity index (χ1n) is 7.74. The summed E-state index contributed by atoms with van der Waals surface area (Å²) in [4.78, 5) is 10.7. The molecule has 0 spiro atoms. The van der Waals surface area contributed by atoms with Gasteiger partial charge in [-0.2, -0.15) is 0 Å². The molecular formula is C16H29N3O2. The van der Waals surface area contributed by atoms with Gasteiger partial charge >= 0.3 is 5.97 Å². The van der Waals surface area contributed by atoms with Crippen LogP contribution in [-0.4, -0.2) is 26.1 Å². The molecule has 1 aromatic rings. The SMILES string of the molecule is Cc1cn(C(C)(C)CCCCC(C)(C)CCC(=O)O)nn1. The Labute approximate surface area is 127 Å². The van der Waals surface area contributed by atoms with Crippen LogP contribution in [-0.2, 0) is 10.3 Å². The summed E-state index contributed by atoms with van der Waals surface area (Å²) in [5, 5.41) is 17.0. The van der Waals surface area contributed by atoms with Crippen LogP contribution in [0.2, 0.25) is 0 Å². The predicted octanol–water partition coefficient (Wildman–Crippen LogP) is 3.77. The fraction of sp³-hybridized carbons (Fsp3) is 0.812. The smallest absolute Gasteiger partial charge is 0.303 e. The minimum absolute atomic E-state index is 0.0214. The van der Waals surface area contributed by atoms with Crippen molar-refractivity contribution in [1.82, 2.24) is 15.0 Å². The number of nitrogens with zero attached hydrogens (tertiary/aromatic N) is 3. The van der Waals surface area contributed by atoms with E-state index in [9.17, 15) is 4.79 Å². The van der Waals surface area contributed by atoms with E-state index in [2.05, 4.69) is 38.0 Å². The fourth-order valence-corrected chi connectivity index (χ4v) is 2.49. The Hall–Kier alpha value is -1.39. The normalized spacial score (nSPS) is 12.6. The Morgan fingerprint density at radius 1 is 1.19 bits per heavy atom. The molecule has 120 valence electrons. The number of rotatable bonds is 9. The monoisotopic (exact) mass is 295 g/mol.